The molecule has 1 aliphatic heterocycles. The van der Waals surface area contributed by atoms with Crippen molar-refractivity contribution in [1.29, 1.82) is 0 Å². The third-order valence-electron chi connectivity index (χ3n) is 6.49. The first kappa shape index (κ1) is 21.6. The van der Waals surface area contributed by atoms with E-state index in [0.29, 0.717) is 36.7 Å². The van der Waals surface area contributed by atoms with Crippen LogP contribution in [0.25, 0.3) is 5.69 Å². The number of amides is 1. The van der Waals surface area contributed by atoms with Gasteiger partial charge in [-0.15, -0.1) is 0 Å². The van der Waals surface area contributed by atoms with Crippen LogP contribution in [0.15, 0.2) is 67.0 Å². The maximum Gasteiger partial charge on any atom is 0.387 e. The van der Waals surface area contributed by atoms with Crippen LogP contribution in [-0.4, -0.2) is 41.7 Å². The topological polar surface area (TPSA) is 43.7 Å². The molecule has 0 bridgehead atoms. The average molecular weight is 453 g/mol. The molecule has 0 spiro atoms. The Kier molecular flexibility index (Phi) is 6.13. The highest BCUT2D eigenvalue weighted by Gasteiger charge is 2.27. The molecule has 7 heteroatoms. The average Bonchev–Trinajstić information content (AvgIpc) is 3.27. The van der Waals surface area contributed by atoms with Gasteiger partial charge in [0.15, 0.2) is 0 Å². The summed E-state index contributed by atoms with van der Waals surface area (Å²) in [6.45, 7) is -1.69. The molecule has 33 heavy (non-hydrogen) atoms. The van der Waals surface area contributed by atoms with Gasteiger partial charge >= 0.3 is 6.61 Å². The maximum atomic E-state index is 13.3. The van der Waals surface area contributed by atoms with E-state index in [1.807, 2.05) is 24.3 Å². The van der Waals surface area contributed by atoms with Gasteiger partial charge in [-0.05, 0) is 66.3 Å². The van der Waals surface area contributed by atoms with E-state index in [0.717, 1.165) is 5.69 Å². The molecule has 2 heterocycles. The van der Waals surface area contributed by atoms with Crippen molar-refractivity contribution in [2.75, 3.05) is 19.7 Å². The first-order valence-electron chi connectivity index (χ1n) is 11.3. The van der Waals surface area contributed by atoms with E-state index < -0.39 is 12.7 Å². The van der Waals surface area contributed by atoms with Crippen LogP contribution < -0.4 is 4.74 Å². The van der Waals surface area contributed by atoms with Crippen LogP contribution in [0.4, 0.5) is 8.78 Å². The van der Waals surface area contributed by atoms with Gasteiger partial charge in [-0.2, -0.15) is 8.78 Å². The van der Waals surface area contributed by atoms with Crippen LogP contribution in [0, 0.1) is 0 Å². The molecule has 5 rings (SSSR count). The first-order chi connectivity index (χ1) is 16.1. The van der Waals surface area contributed by atoms with Crippen LogP contribution in [0.5, 0.6) is 5.75 Å². The Morgan fingerprint density at radius 2 is 1.91 bits per heavy atom. The molecule has 3 aromatic rings. The number of carbonyl (C=O) groups is 1. The number of benzene rings is 2. The standard InChI is InChI=1S/C26H26F2N2O3/c27-26(28)33-23-9-3-6-19(15-23)24-17-30(12-13-32-24)25(31)20-7-2-8-22(14-20)29-11-10-21(16-29)18-4-1-5-18/h2-3,6-11,14-16,18,24,26H,1,4-5,12-13,17H2. The van der Waals surface area contributed by atoms with Gasteiger partial charge in [-0.25, -0.2) is 0 Å². The van der Waals surface area contributed by atoms with E-state index in [2.05, 4.69) is 27.8 Å². The highest BCUT2D eigenvalue weighted by atomic mass is 19.3. The lowest BCUT2D eigenvalue weighted by Crippen LogP contribution is -2.42. The van der Waals surface area contributed by atoms with Crippen molar-refractivity contribution in [3.05, 3.63) is 83.7 Å². The van der Waals surface area contributed by atoms with Crippen molar-refractivity contribution in [2.24, 2.45) is 0 Å². The van der Waals surface area contributed by atoms with E-state index in [1.165, 1.54) is 37.0 Å². The maximum absolute atomic E-state index is 13.3. The molecule has 1 atom stereocenters. The van der Waals surface area contributed by atoms with E-state index in [-0.39, 0.29) is 11.7 Å². The van der Waals surface area contributed by atoms with Crippen molar-refractivity contribution in [3.8, 4) is 11.4 Å². The van der Waals surface area contributed by atoms with Crippen molar-refractivity contribution in [1.82, 2.24) is 9.47 Å². The van der Waals surface area contributed by atoms with Gasteiger partial charge in [0.25, 0.3) is 5.91 Å². The number of hydrogen-bond acceptors (Lipinski definition) is 3. The number of carbonyl (C=O) groups excluding carboxylic acids is 1. The highest BCUT2D eigenvalue weighted by molar-refractivity contribution is 5.94. The number of morpholine rings is 1. The molecule has 2 aromatic carbocycles. The normalized spacial score (nSPS) is 18.9. The second-order valence-corrected chi connectivity index (χ2v) is 8.59. The number of nitrogens with zero attached hydrogens (tertiary/aromatic N) is 2. The number of rotatable bonds is 6. The minimum Gasteiger partial charge on any atom is -0.435 e. The highest BCUT2D eigenvalue weighted by Crippen LogP contribution is 2.36. The summed E-state index contributed by atoms with van der Waals surface area (Å²) in [5.74, 6) is 0.665. The van der Waals surface area contributed by atoms with Crippen molar-refractivity contribution < 1.29 is 23.0 Å². The molecule has 1 aromatic heterocycles. The monoisotopic (exact) mass is 452 g/mol. The zero-order valence-electron chi connectivity index (χ0n) is 18.2. The van der Waals surface area contributed by atoms with Crippen molar-refractivity contribution >= 4 is 5.91 Å². The van der Waals surface area contributed by atoms with E-state index in [9.17, 15) is 13.6 Å². The molecular weight excluding hydrogens is 426 g/mol. The van der Waals surface area contributed by atoms with Crippen molar-refractivity contribution in [2.45, 2.75) is 37.9 Å². The summed E-state index contributed by atoms with van der Waals surface area (Å²) in [5, 5.41) is 0. The Hall–Kier alpha value is -3.19. The van der Waals surface area contributed by atoms with Gasteiger partial charge in [0.2, 0.25) is 0 Å². The predicted octanol–water partition coefficient (Wildman–Crippen LogP) is 5.56. The Balaban J connectivity index is 1.30. The third-order valence-corrected chi connectivity index (χ3v) is 6.49. The van der Waals surface area contributed by atoms with Crippen molar-refractivity contribution in [3.63, 3.8) is 0 Å². The molecule has 2 aliphatic rings. The summed E-state index contributed by atoms with van der Waals surface area (Å²) in [4.78, 5) is 15.0. The van der Waals surface area contributed by atoms with Gasteiger partial charge in [0, 0.05) is 30.2 Å². The second kappa shape index (κ2) is 9.35. The van der Waals surface area contributed by atoms with E-state index in [1.54, 1.807) is 17.0 Å². The number of alkyl halides is 2. The molecule has 1 saturated heterocycles. The van der Waals surface area contributed by atoms with Crippen LogP contribution in [0.2, 0.25) is 0 Å². The molecule has 5 nitrogen and oxygen atoms in total. The van der Waals surface area contributed by atoms with Crippen LogP contribution in [-0.2, 0) is 4.74 Å². The van der Waals surface area contributed by atoms with Gasteiger partial charge in [0.05, 0.1) is 13.2 Å². The molecular formula is C26H26F2N2O3. The fraction of sp³-hybridized carbons (Fsp3) is 0.346. The third kappa shape index (κ3) is 4.78. The second-order valence-electron chi connectivity index (χ2n) is 8.59. The molecule has 1 amide bonds. The fourth-order valence-corrected chi connectivity index (χ4v) is 4.47. The number of halogens is 2. The summed E-state index contributed by atoms with van der Waals surface area (Å²) in [6, 6.07) is 16.3. The number of ether oxygens (including phenoxy) is 2. The quantitative estimate of drug-likeness (QED) is 0.492. The molecule has 2 fully saturated rings. The summed E-state index contributed by atoms with van der Waals surface area (Å²) >= 11 is 0. The lowest BCUT2D eigenvalue weighted by atomic mass is 9.81. The van der Waals surface area contributed by atoms with Crippen LogP contribution in [0.3, 0.4) is 0 Å². The van der Waals surface area contributed by atoms with Crippen LogP contribution in [0.1, 0.15) is 52.8 Å². The molecule has 1 aliphatic carbocycles. The van der Waals surface area contributed by atoms with Crippen LogP contribution >= 0.6 is 0 Å². The Morgan fingerprint density at radius 1 is 1.06 bits per heavy atom. The van der Waals surface area contributed by atoms with Gasteiger partial charge in [-0.1, -0.05) is 24.6 Å². The summed E-state index contributed by atoms with van der Waals surface area (Å²) in [7, 11) is 0. The van der Waals surface area contributed by atoms with Gasteiger partial charge < -0.3 is 18.9 Å². The molecule has 1 unspecified atom stereocenters. The molecule has 0 radical (unpaired) electrons. The predicted molar refractivity (Wildman–Crippen MR) is 120 cm³/mol. The smallest absolute Gasteiger partial charge is 0.387 e. The SMILES string of the molecule is O=C(c1cccc(-n2ccc(C3CCC3)c2)c1)N1CCOC(c2cccc(OC(F)F)c2)C1. The summed E-state index contributed by atoms with van der Waals surface area (Å²) in [5.41, 5.74) is 3.62. The molecule has 172 valence electrons. The Morgan fingerprint density at radius 3 is 2.70 bits per heavy atom. The minimum atomic E-state index is -2.89. The van der Waals surface area contributed by atoms with E-state index in [4.69, 9.17) is 4.74 Å². The number of hydrogen-bond donors (Lipinski definition) is 0. The fourth-order valence-electron chi connectivity index (χ4n) is 4.47. The summed E-state index contributed by atoms with van der Waals surface area (Å²) in [6.07, 6.45) is 7.60. The zero-order chi connectivity index (χ0) is 22.8. The summed E-state index contributed by atoms with van der Waals surface area (Å²) < 4.78 is 37.5. The number of aromatic nitrogens is 1. The largest absolute Gasteiger partial charge is 0.435 e. The zero-order valence-corrected chi connectivity index (χ0v) is 18.2. The van der Waals surface area contributed by atoms with Gasteiger partial charge in [0.1, 0.15) is 11.9 Å². The van der Waals surface area contributed by atoms with E-state index >= 15 is 0 Å². The molecule has 1 saturated carbocycles. The Labute approximate surface area is 191 Å². The first-order valence-corrected chi connectivity index (χ1v) is 11.3. The lowest BCUT2D eigenvalue weighted by Gasteiger charge is -2.33. The molecule has 0 N–H and O–H groups in total. The Bertz CT molecular complexity index is 1130. The lowest BCUT2D eigenvalue weighted by molar-refractivity contribution is -0.0504. The van der Waals surface area contributed by atoms with Gasteiger partial charge in [-0.3, -0.25) is 4.79 Å². The minimum absolute atomic E-state index is 0.0727.